The Labute approximate surface area is 125 Å². The maximum Gasteiger partial charge on any atom is 0.101 e. The number of nitriles is 1. The molecule has 1 heterocycles. The third-order valence-electron chi connectivity index (χ3n) is 4.25. The van der Waals surface area contributed by atoms with Crippen LogP contribution >= 0.6 is 0 Å². The lowest BCUT2D eigenvalue weighted by molar-refractivity contribution is 0.505. The Morgan fingerprint density at radius 2 is 1.76 bits per heavy atom. The fourth-order valence-electron chi connectivity index (χ4n) is 3.10. The molecular formula is C18H19N3. The number of hydrogen-bond donors (Lipinski definition) is 1. The Morgan fingerprint density at radius 1 is 1.05 bits per heavy atom. The van der Waals surface area contributed by atoms with Gasteiger partial charge in [-0.1, -0.05) is 30.3 Å². The highest BCUT2D eigenvalue weighted by molar-refractivity contribution is 5.64. The van der Waals surface area contributed by atoms with E-state index in [9.17, 15) is 5.26 Å². The maximum atomic E-state index is 9.27. The highest BCUT2D eigenvalue weighted by atomic mass is 15.1. The van der Waals surface area contributed by atoms with E-state index in [1.54, 1.807) is 6.07 Å². The lowest BCUT2D eigenvalue weighted by Gasteiger charge is -2.34. The fraction of sp³-hybridized carbons (Fsp3) is 0.278. The van der Waals surface area contributed by atoms with Crippen LogP contribution in [0.5, 0.6) is 0 Å². The molecule has 0 spiro atoms. The van der Waals surface area contributed by atoms with Crippen LogP contribution in [0.1, 0.15) is 29.9 Å². The first kappa shape index (κ1) is 13.5. The van der Waals surface area contributed by atoms with Crippen molar-refractivity contribution in [2.24, 2.45) is 0 Å². The topological polar surface area (TPSA) is 53.1 Å². The average molecular weight is 277 g/mol. The zero-order chi connectivity index (χ0) is 14.7. The SMILES string of the molecule is N#Cc1cc(N)ccc1N1CCC(c2ccccc2)CC1. The molecule has 0 atom stereocenters. The standard InChI is InChI=1S/C18H19N3/c19-13-16-12-17(20)6-7-18(16)21-10-8-15(9-11-21)14-4-2-1-3-5-14/h1-7,12,15H,8-11,20H2. The molecule has 0 radical (unpaired) electrons. The van der Waals surface area contributed by atoms with Gasteiger partial charge < -0.3 is 10.6 Å². The summed E-state index contributed by atoms with van der Waals surface area (Å²) in [4.78, 5) is 2.30. The van der Waals surface area contributed by atoms with E-state index in [-0.39, 0.29) is 0 Å². The van der Waals surface area contributed by atoms with E-state index < -0.39 is 0 Å². The number of anilines is 2. The molecule has 0 unspecified atom stereocenters. The minimum absolute atomic E-state index is 0.627. The quantitative estimate of drug-likeness (QED) is 0.854. The number of nitrogens with two attached hydrogens (primary N) is 1. The van der Waals surface area contributed by atoms with E-state index in [1.165, 1.54) is 5.56 Å². The number of benzene rings is 2. The summed E-state index contributed by atoms with van der Waals surface area (Å²) in [6.45, 7) is 1.97. The highest BCUT2D eigenvalue weighted by Gasteiger charge is 2.22. The number of hydrogen-bond acceptors (Lipinski definition) is 3. The van der Waals surface area contributed by atoms with E-state index in [0.717, 1.165) is 31.6 Å². The molecule has 2 aromatic carbocycles. The molecule has 3 nitrogen and oxygen atoms in total. The van der Waals surface area contributed by atoms with Gasteiger partial charge in [-0.2, -0.15) is 5.26 Å². The molecule has 0 aromatic heterocycles. The van der Waals surface area contributed by atoms with Gasteiger partial charge in [0.1, 0.15) is 6.07 Å². The number of nitrogens with zero attached hydrogens (tertiary/aromatic N) is 2. The summed E-state index contributed by atoms with van der Waals surface area (Å²) in [6, 6.07) is 18.6. The Kier molecular flexibility index (Phi) is 3.79. The first-order valence-corrected chi connectivity index (χ1v) is 7.37. The van der Waals surface area contributed by atoms with Crippen LogP contribution in [0.2, 0.25) is 0 Å². The Balaban J connectivity index is 1.73. The number of nitrogen functional groups attached to an aromatic ring is 1. The second-order valence-corrected chi connectivity index (χ2v) is 5.56. The molecule has 2 N–H and O–H groups in total. The molecule has 1 fully saturated rings. The van der Waals surface area contributed by atoms with Crippen LogP contribution < -0.4 is 10.6 Å². The summed E-state index contributed by atoms with van der Waals surface area (Å²) in [6.07, 6.45) is 2.25. The van der Waals surface area contributed by atoms with Crippen molar-refractivity contribution in [2.45, 2.75) is 18.8 Å². The second kappa shape index (κ2) is 5.88. The van der Waals surface area contributed by atoms with E-state index in [1.807, 2.05) is 12.1 Å². The Bertz CT molecular complexity index is 650. The molecule has 21 heavy (non-hydrogen) atoms. The summed E-state index contributed by atoms with van der Waals surface area (Å²) in [5, 5.41) is 9.27. The van der Waals surface area contributed by atoms with Crippen molar-refractivity contribution in [3.63, 3.8) is 0 Å². The normalized spacial score (nSPS) is 15.7. The van der Waals surface area contributed by atoms with Crippen molar-refractivity contribution >= 4 is 11.4 Å². The molecule has 1 aliphatic rings. The molecule has 2 aromatic rings. The molecular weight excluding hydrogens is 258 g/mol. The van der Waals surface area contributed by atoms with Crippen molar-refractivity contribution < 1.29 is 0 Å². The fourth-order valence-corrected chi connectivity index (χ4v) is 3.10. The average Bonchev–Trinajstić information content (AvgIpc) is 2.56. The van der Waals surface area contributed by atoms with Crippen LogP contribution in [-0.2, 0) is 0 Å². The van der Waals surface area contributed by atoms with Gasteiger partial charge in [0.2, 0.25) is 0 Å². The largest absolute Gasteiger partial charge is 0.399 e. The molecule has 1 saturated heterocycles. The molecule has 0 bridgehead atoms. The van der Waals surface area contributed by atoms with Crippen LogP contribution in [0, 0.1) is 11.3 Å². The van der Waals surface area contributed by atoms with Crippen LogP contribution in [0.15, 0.2) is 48.5 Å². The van der Waals surface area contributed by atoms with Gasteiger partial charge in [0, 0.05) is 18.8 Å². The summed E-state index contributed by atoms with van der Waals surface area (Å²) < 4.78 is 0. The van der Waals surface area contributed by atoms with E-state index in [4.69, 9.17) is 5.73 Å². The van der Waals surface area contributed by atoms with Crippen molar-refractivity contribution in [2.75, 3.05) is 23.7 Å². The molecule has 0 saturated carbocycles. The Hall–Kier alpha value is -2.47. The highest BCUT2D eigenvalue weighted by Crippen LogP contribution is 2.32. The summed E-state index contributed by atoms with van der Waals surface area (Å²) >= 11 is 0. The third kappa shape index (κ3) is 2.85. The van der Waals surface area contributed by atoms with Crippen molar-refractivity contribution in [3.8, 4) is 6.07 Å². The summed E-state index contributed by atoms with van der Waals surface area (Å²) in [5.74, 6) is 0.627. The van der Waals surface area contributed by atoms with Crippen molar-refractivity contribution in [3.05, 3.63) is 59.7 Å². The van der Waals surface area contributed by atoms with Crippen LogP contribution in [-0.4, -0.2) is 13.1 Å². The lowest BCUT2D eigenvalue weighted by Crippen LogP contribution is -2.33. The zero-order valence-electron chi connectivity index (χ0n) is 12.0. The first-order chi connectivity index (χ1) is 10.3. The molecule has 0 amide bonds. The van der Waals surface area contributed by atoms with Crippen molar-refractivity contribution in [1.82, 2.24) is 0 Å². The predicted octanol–water partition coefficient (Wildman–Crippen LogP) is 3.52. The van der Waals surface area contributed by atoms with Crippen LogP contribution in [0.4, 0.5) is 11.4 Å². The van der Waals surface area contributed by atoms with Gasteiger partial charge in [0.15, 0.2) is 0 Å². The van der Waals surface area contributed by atoms with Gasteiger partial charge in [-0.25, -0.2) is 0 Å². The molecule has 3 heteroatoms. The van der Waals surface area contributed by atoms with Crippen LogP contribution in [0.25, 0.3) is 0 Å². The zero-order valence-corrected chi connectivity index (χ0v) is 12.0. The van der Waals surface area contributed by atoms with Gasteiger partial charge in [0.05, 0.1) is 11.3 Å². The van der Waals surface area contributed by atoms with Gasteiger partial charge in [-0.05, 0) is 42.5 Å². The smallest absolute Gasteiger partial charge is 0.101 e. The monoisotopic (exact) mass is 277 g/mol. The van der Waals surface area contributed by atoms with E-state index >= 15 is 0 Å². The summed E-state index contributed by atoms with van der Waals surface area (Å²) in [7, 11) is 0. The Morgan fingerprint density at radius 3 is 2.43 bits per heavy atom. The van der Waals surface area contributed by atoms with Gasteiger partial charge in [-0.15, -0.1) is 0 Å². The number of piperidine rings is 1. The molecule has 1 aliphatic heterocycles. The molecule has 0 aliphatic carbocycles. The second-order valence-electron chi connectivity index (χ2n) is 5.56. The van der Waals surface area contributed by atoms with E-state index in [2.05, 4.69) is 41.3 Å². The van der Waals surface area contributed by atoms with E-state index in [0.29, 0.717) is 17.2 Å². The molecule has 3 rings (SSSR count). The van der Waals surface area contributed by atoms with Gasteiger partial charge in [0.25, 0.3) is 0 Å². The lowest BCUT2D eigenvalue weighted by atomic mass is 9.89. The minimum Gasteiger partial charge on any atom is -0.399 e. The van der Waals surface area contributed by atoms with Gasteiger partial charge in [-0.3, -0.25) is 0 Å². The predicted molar refractivity (Wildman–Crippen MR) is 86.2 cm³/mol. The first-order valence-electron chi connectivity index (χ1n) is 7.37. The van der Waals surface area contributed by atoms with Crippen molar-refractivity contribution in [1.29, 1.82) is 5.26 Å². The van der Waals surface area contributed by atoms with Crippen LogP contribution in [0.3, 0.4) is 0 Å². The van der Waals surface area contributed by atoms with Gasteiger partial charge >= 0.3 is 0 Å². The number of rotatable bonds is 2. The molecule has 106 valence electrons. The minimum atomic E-state index is 0.627. The maximum absolute atomic E-state index is 9.27. The summed E-state index contributed by atoms with van der Waals surface area (Å²) in [5.41, 5.74) is 9.52. The third-order valence-corrected chi connectivity index (χ3v) is 4.25.